The van der Waals surface area contributed by atoms with Gasteiger partial charge in [0.25, 0.3) is 0 Å². The highest BCUT2D eigenvalue weighted by molar-refractivity contribution is 9.10. The van der Waals surface area contributed by atoms with Crippen molar-refractivity contribution in [3.63, 3.8) is 0 Å². The van der Waals surface area contributed by atoms with E-state index in [1.54, 1.807) is 0 Å². The second-order valence-electron chi connectivity index (χ2n) is 5.64. The maximum absolute atomic E-state index is 14.3. The van der Waals surface area contributed by atoms with E-state index in [1.165, 1.54) is 4.90 Å². The Bertz CT molecular complexity index is 936. The summed E-state index contributed by atoms with van der Waals surface area (Å²) in [6.07, 6.45) is -2.45. The standard InChI is InChI=1S/C15H11BrF3N5O2/c16-10-9(17)5-8-12(11(10)18)21-14(19)22-13(8)23-3-4-24(15(25)26)7(6-23)1-2-20/h5,7H,1,3-4,6H2,(H,25,26). The molecule has 0 radical (unpaired) electrons. The van der Waals surface area contributed by atoms with E-state index in [-0.39, 0.29) is 37.3 Å². The van der Waals surface area contributed by atoms with Gasteiger partial charge in [-0.2, -0.15) is 19.6 Å². The van der Waals surface area contributed by atoms with Crippen LogP contribution in [0.2, 0.25) is 0 Å². The number of nitriles is 1. The molecule has 0 spiro atoms. The Morgan fingerprint density at radius 1 is 1.38 bits per heavy atom. The van der Waals surface area contributed by atoms with Gasteiger partial charge in [0.15, 0.2) is 5.82 Å². The van der Waals surface area contributed by atoms with Gasteiger partial charge < -0.3 is 14.9 Å². The summed E-state index contributed by atoms with van der Waals surface area (Å²) in [6, 6.07) is 2.21. The fraction of sp³-hybridized carbons (Fsp3) is 0.333. The van der Waals surface area contributed by atoms with E-state index >= 15 is 0 Å². The lowest BCUT2D eigenvalue weighted by Crippen LogP contribution is -2.55. The predicted molar refractivity (Wildman–Crippen MR) is 88.1 cm³/mol. The molecule has 1 aromatic carbocycles. The van der Waals surface area contributed by atoms with Crippen molar-refractivity contribution in [1.29, 1.82) is 5.26 Å². The van der Waals surface area contributed by atoms with Gasteiger partial charge in [-0.15, -0.1) is 0 Å². The highest BCUT2D eigenvalue weighted by Gasteiger charge is 2.32. The van der Waals surface area contributed by atoms with Crippen LogP contribution < -0.4 is 4.90 Å². The third kappa shape index (κ3) is 3.12. The van der Waals surface area contributed by atoms with Crippen molar-refractivity contribution in [1.82, 2.24) is 14.9 Å². The van der Waals surface area contributed by atoms with E-state index in [4.69, 9.17) is 5.26 Å². The number of benzene rings is 1. The summed E-state index contributed by atoms with van der Waals surface area (Å²) in [6.45, 7) is 0.195. The number of carboxylic acid groups (broad SMARTS) is 1. The molecule has 1 aliphatic heterocycles. The predicted octanol–water partition coefficient (Wildman–Crippen LogP) is 2.89. The molecule has 0 bridgehead atoms. The zero-order valence-electron chi connectivity index (χ0n) is 13.1. The van der Waals surface area contributed by atoms with E-state index in [0.29, 0.717) is 0 Å². The minimum atomic E-state index is -1.19. The zero-order valence-corrected chi connectivity index (χ0v) is 14.7. The first-order chi connectivity index (χ1) is 12.3. The number of anilines is 1. The van der Waals surface area contributed by atoms with Gasteiger partial charge in [-0.05, 0) is 22.0 Å². The van der Waals surface area contributed by atoms with Gasteiger partial charge in [0.1, 0.15) is 17.2 Å². The minimum Gasteiger partial charge on any atom is -0.465 e. The van der Waals surface area contributed by atoms with Crippen LogP contribution in [0.1, 0.15) is 6.42 Å². The van der Waals surface area contributed by atoms with Crippen LogP contribution in [-0.4, -0.2) is 51.7 Å². The van der Waals surface area contributed by atoms with Gasteiger partial charge in [-0.3, -0.25) is 0 Å². The molecule has 11 heteroatoms. The van der Waals surface area contributed by atoms with Crippen molar-refractivity contribution >= 4 is 38.7 Å². The molecule has 26 heavy (non-hydrogen) atoms. The maximum atomic E-state index is 14.3. The van der Waals surface area contributed by atoms with E-state index in [0.717, 1.165) is 11.0 Å². The quantitative estimate of drug-likeness (QED) is 0.582. The molecule has 0 saturated carbocycles. The Balaban J connectivity index is 2.08. The molecule has 3 rings (SSSR count). The number of piperazine rings is 1. The van der Waals surface area contributed by atoms with Crippen LogP contribution in [-0.2, 0) is 0 Å². The van der Waals surface area contributed by atoms with Crippen molar-refractivity contribution in [2.75, 3.05) is 24.5 Å². The molecule has 1 unspecified atom stereocenters. The number of aromatic nitrogens is 2. The number of rotatable bonds is 2. The molecule has 0 aliphatic carbocycles. The number of carbonyl (C=O) groups is 1. The van der Waals surface area contributed by atoms with E-state index in [1.807, 2.05) is 6.07 Å². The van der Waals surface area contributed by atoms with Gasteiger partial charge in [0, 0.05) is 25.0 Å². The third-order valence-corrected chi connectivity index (χ3v) is 4.86. The first-order valence-electron chi connectivity index (χ1n) is 7.45. The molecule has 1 N–H and O–H groups in total. The smallest absolute Gasteiger partial charge is 0.407 e. The number of fused-ring (bicyclic) bond motifs is 1. The Kier molecular flexibility index (Phi) is 4.86. The van der Waals surface area contributed by atoms with Crippen LogP contribution in [0, 0.1) is 29.0 Å². The lowest BCUT2D eigenvalue weighted by molar-refractivity contribution is 0.119. The molecule has 2 heterocycles. The topological polar surface area (TPSA) is 93.4 Å². The second kappa shape index (κ2) is 6.95. The van der Waals surface area contributed by atoms with Gasteiger partial charge >= 0.3 is 12.2 Å². The average Bonchev–Trinajstić information content (AvgIpc) is 2.60. The largest absolute Gasteiger partial charge is 0.465 e. The maximum Gasteiger partial charge on any atom is 0.407 e. The van der Waals surface area contributed by atoms with Crippen molar-refractivity contribution < 1.29 is 23.1 Å². The molecule has 1 aliphatic rings. The molecule has 7 nitrogen and oxygen atoms in total. The van der Waals surface area contributed by atoms with E-state index in [2.05, 4.69) is 25.9 Å². The lowest BCUT2D eigenvalue weighted by Gasteiger charge is -2.39. The highest BCUT2D eigenvalue weighted by atomic mass is 79.9. The molecule has 1 fully saturated rings. The summed E-state index contributed by atoms with van der Waals surface area (Å²) >= 11 is 2.74. The summed E-state index contributed by atoms with van der Waals surface area (Å²) in [5.74, 6) is -2.00. The monoisotopic (exact) mass is 429 g/mol. The fourth-order valence-corrected chi connectivity index (χ4v) is 3.25. The molecule has 1 saturated heterocycles. The normalized spacial score (nSPS) is 17.4. The van der Waals surface area contributed by atoms with Gasteiger partial charge in [-0.25, -0.2) is 13.6 Å². The number of halogens is 4. The minimum absolute atomic E-state index is 0.0325. The molecular weight excluding hydrogens is 419 g/mol. The van der Waals surface area contributed by atoms with Crippen molar-refractivity contribution in [3.8, 4) is 6.07 Å². The van der Waals surface area contributed by atoms with Crippen LogP contribution in [0.3, 0.4) is 0 Å². The number of nitrogens with zero attached hydrogens (tertiary/aromatic N) is 5. The summed E-state index contributed by atoms with van der Waals surface area (Å²) in [5, 5.41) is 18.1. The first kappa shape index (κ1) is 18.2. The highest BCUT2D eigenvalue weighted by Crippen LogP contribution is 2.32. The number of hydrogen-bond acceptors (Lipinski definition) is 5. The van der Waals surface area contributed by atoms with Crippen LogP contribution in [0.5, 0.6) is 0 Å². The molecule has 1 atom stereocenters. The molecular formula is C15H11BrF3N5O2. The van der Waals surface area contributed by atoms with Gasteiger partial charge in [-0.1, -0.05) is 0 Å². The van der Waals surface area contributed by atoms with Crippen LogP contribution in [0.15, 0.2) is 10.5 Å². The van der Waals surface area contributed by atoms with E-state index < -0.39 is 39.8 Å². The number of amides is 1. The van der Waals surface area contributed by atoms with Gasteiger partial charge in [0.2, 0.25) is 0 Å². The average molecular weight is 430 g/mol. The molecule has 2 aromatic rings. The Hall–Kier alpha value is -2.61. The summed E-state index contributed by atoms with van der Waals surface area (Å²) in [4.78, 5) is 20.9. The Labute approximate surface area is 153 Å². The fourth-order valence-electron chi connectivity index (χ4n) is 2.95. The van der Waals surface area contributed by atoms with Crippen LogP contribution in [0.4, 0.5) is 23.8 Å². The zero-order chi connectivity index (χ0) is 19.0. The summed E-state index contributed by atoms with van der Waals surface area (Å²) in [7, 11) is 0. The van der Waals surface area contributed by atoms with Gasteiger partial charge in [0.05, 0.1) is 23.0 Å². The van der Waals surface area contributed by atoms with Crippen molar-refractivity contribution in [3.05, 3.63) is 28.3 Å². The Morgan fingerprint density at radius 3 is 2.77 bits per heavy atom. The first-order valence-corrected chi connectivity index (χ1v) is 8.25. The van der Waals surface area contributed by atoms with Crippen LogP contribution >= 0.6 is 15.9 Å². The third-order valence-electron chi connectivity index (χ3n) is 4.13. The van der Waals surface area contributed by atoms with E-state index in [9.17, 15) is 23.1 Å². The summed E-state index contributed by atoms with van der Waals surface area (Å²) < 4.78 is 41.6. The second-order valence-corrected chi connectivity index (χ2v) is 6.43. The molecule has 136 valence electrons. The van der Waals surface area contributed by atoms with Crippen molar-refractivity contribution in [2.24, 2.45) is 0 Å². The van der Waals surface area contributed by atoms with Crippen LogP contribution in [0.25, 0.3) is 10.9 Å². The molecule has 1 amide bonds. The molecule has 1 aromatic heterocycles. The summed E-state index contributed by atoms with van der Waals surface area (Å²) in [5.41, 5.74) is -0.390. The number of hydrogen-bond donors (Lipinski definition) is 1. The van der Waals surface area contributed by atoms with Crippen molar-refractivity contribution in [2.45, 2.75) is 12.5 Å². The SMILES string of the molecule is N#CCC1CN(c2nc(F)nc3c(F)c(Br)c(F)cc23)CCN1C(=O)O. The Morgan fingerprint density at radius 2 is 2.12 bits per heavy atom. The lowest BCUT2D eigenvalue weighted by atomic mass is 10.1.